The number of methoxy groups -OCH3 is 1. The van der Waals surface area contributed by atoms with Crippen molar-refractivity contribution in [1.82, 2.24) is 0 Å². The highest BCUT2D eigenvalue weighted by molar-refractivity contribution is 7.92. The zero-order valence-electron chi connectivity index (χ0n) is 16.7. The Morgan fingerprint density at radius 3 is 2.23 bits per heavy atom. The lowest BCUT2D eigenvalue weighted by atomic mass is 10.1. The third-order valence-electron chi connectivity index (χ3n) is 4.55. The Kier molecular flexibility index (Phi) is 6.34. The molecule has 30 heavy (non-hydrogen) atoms. The Morgan fingerprint density at radius 1 is 0.900 bits per heavy atom. The number of anilines is 2. The largest absolute Gasteiger partial charge is 0.497 e. The summed E-state index contributed by atoms with van der Waals surface area (Å²) in [5, 5.41) is 3.40. The van der Waals surface area contributed by atoms with Crippen LogP contribution in [0.15, 0.2) is 65.6 Å². The number of carbonyl (C=O) groups is 1. The van der Waals surface area contributed by atoms with Gasteiger partial charge < -0.3 is 10.1 Å². The lowest BCUT2D eigenvalue weighted by Crippen LogP contribution is -2.16. The molecule has 0 aromatic heterocycles. The molecule has 3 aromatic carbocycles. The van der Waals surface area contributed by atoms with Crippen LogP contribution >= 0.6 is 11.6 Å². The predicted molar refractivity (Wildman–Crippen MR) is 119 cm³/mol. The minimum atomic E-state index is -3.83. The molecular formula is C22H21ClN2O4S. The summed E-state index contributed by atoms with van der Waals surface area (Å²) in [5.74, 6) is 0.201. The molecule has 0 aliphatic rings. The van der Waals surface area contributed by atoms with Crippen molar-refractivity contribution in [1.29, 1.82) is 0 Å². The Balaban J connectivity index is 1.84. The first-order chi connectivity index (χ1) is 14.2. The number of halogens is 1. The molecule has 0 unspecified atom stereocenters. The summed E-state index contributed by atoms with van der Waals surface area (Å²) in [5.41, 5.74) is 2.79. The van der Waals surface area contributed by atoms with Crippen LogP contribution in [0.1, 0.15) is 21.5 Å². The van der Waals surface area contributed by atoms with Crippen molar-refractivity contribution in [3.8, 4) is 5.75 Å². The number of amides is 1. The molecule has 0 radical (unpaired) electrons. The van der Waals surface area contributed by atoms with E-state index in [1.54, 1.807) is 49.4 Å². The van der Waals surface area contributed by atoms with Gasteiger partial charge in [-0.3, -0.25) is 9.52 Å². The number of nitrogens with one attached hydrogen (secondary N) is 2. The van der Waals surface area contributed by atoms with Crippen molar-refractivity contribution in [3.63, 3.8) is 0 Å². The SMILES string of the molecule is COc1ccc(S(=O)(=O)Nc2cc(C(=O)Nc3ccc(Cl)cc3C)ccc2C)cc1. The minimum absolute atomic E-state index is 0.0920. The van der Waals surface area contributed by atoms with Crippen molar-refractivity contribution in [2.75, 3.05) is 17.1 Å². The summed E-state index contributed by atoms with van der Waals surface area (Å²) in [6, 6.07) is 16.0. The van der Waals surface area contributed by atoms with Crippen LogP contribution in [-0.2, 0) is 10.0 Å². The van der Waals surface area contributed by atoms with Gasteiger partial charge in [-0.2, -0.15) is 0 Å². The molecule has 6 nitrogen and oxygen atoms in total. The maximum absolute atomic E-state index is 12.7. The highest BCUT2D eigenvalue weighted by Gasteiger charge is 2.17. The number of sulfonamides is 1. The van der Waals surface area contributed by atoms with Gasteiger partial charge in [-0.15, -0.1) is 0 Å². The van der Waals surface area contributed by atoms with Gasteiger partial charge in [0.05, 0.1) is 17.7 Å². The summed E-state index contributed by atoms with van der Waals surface area (Å²) in [7, 11) is -2.32. The number of benzene rings is 3. The number of hydrogen-bond donors (Lipinski definition) is 2. The Hall–Kier alpha value is -3.03. The van der Waals surface area contributed by atoms with Crippen LogP contribution in [0.4, 0.5) is 11.4 Å². The number of ether oxygens (including phenoxy) is 1. The summed E-state index contributed by atoms with van der Waals surface area (Å²) in [6.45, 7) is 3.60. The van der Waals surface area contributed by atoms with Gasteiger partial charge in [0.25, 0.3) is 15.9 Å². The van der Waals surface area contributed by atoms with Gasteiger partial charge in [-0.1, -0.05) is 17.7 Å². The van der Waals surface area contributed by atoms with E-state index in [4.69, 9.17) is 16.3 Å². The molecule has 0 saturated heterocycles. The van der Waals surface area contributed by atoms with Crippen LogP contribution in [0.5, 0.6) is 5.75 Å². The lowest BCUT2D eigenvalue weighted by molar-refractivity contribution is 0.102. The van der Waals surface area contributed by atoms with Crippen molar-refractivity contribution >= 4 is 38.9 Å². The zero-order valence-corrected chi connectivity index (χ0v) is 18.3. The Bertz CT molecular complexity index is 1190. The van der Waals surface area contributed by atoms with Gasteiger partial charge in [0.2, 0.25) is 0 Å². The summed E-state index contributed by atoms with van der Waals surface area (Å²) >= 11 is 5.95. The topological polar surface area (TPSA) is 84.5 Å². The molecule has 0 saturated carbocycles. The van der Waals surface area contributed by atoms with E-state index >= 15 is 0 Å². The number of hydrogen-bond acceptors (Lipinski definition) is 4. The maximum atomic E-state index is 12.7. The molecule has 8 heteroatoms. The van der Waals surface area contributed by atoms with Gasteiger partial charge >= 0.3 is 0 Å². The Morgan fingerprint density at radius 2 is 1.60 bits per heavy atom. The van der Waals surface area contributed by atoms with E-state index in [-0.39, 0.29) is 10.8 Å². The van der Waals surface area contributed by atoms with E-state index in [0.717, 1.165) is 5.56 Å². The smallest absolute Gasteiger partial charge is 0.261 e. The van der Waals surface area contributed by atoms with Crippen LogP contribution in [-0.4, -0.2) is 21.4 Å². The molecule has 0 aliphatic carbocycles. The molecule has 0 spiro atoms. The van der Waals surface area contributed by atoms with Crippen LogP contribution in [0.2, 0.25) is 5.02 Å². The molecule has 2 N–H and O–H groups in total. The average Bonchev–Trinajstić information content (AvgIpc) is 2.71. The Labute approximate surface area is 180 Å². The first-order valence-electron chi connectivity index (χ1n) is 9.04. The molecule has 0 bridgehead atoms. The molecule has 0 heterocycles. The standard InChI is InChI=1S/C22H21ClN2O4S/c1-14-4-5-16(22(26)24-20-11-6-17(23)12-15(20)2)13-21(14)25-30(27,28)19-9-7-18(29-3)8-10-19/h4-13,25H,1-3H3,(H,24,26). The van der Waals surface area contributed by atoms with E-state index in [9.17, 15) is 13.2 Å². The van der Waals surface area contributed by atoms with Gasteiger partial charge in [0.1, 0.15) is 5.75 Å². The van der Waals surface area contributed by atoms with Crippen LogP contribution < -0.4 is 14.8 Å². The fourth-order valence-electron chi connectivity index (χ4n) is 2.79. The van der Waals surface area contributed by atoms with Crippen molar-refractivity contribution in [2.24, 2.45) is 0 Å². The van der Waals surface area contributed by atoms with E-state index in [1.807, 2.05) is 6.92 Å². The second-order valence-electron chi connectivity index (χ2n) is 6.72. The fourth-order valence-corrected chi connectivity index (χ4v) is 4.14. The third kappa shape index (κ3) is 4.93. The lowest BCUT2D eigenvalue weighted by Gasteiger charge is -2.13. The molecule has 1 amide bonds. The minimum Gasteiger partial charge on any atom is -0.497 e. The highest BCUT2D eigenvalue weighted by atomic mass is 35.5. The van der Waals surface area contributed by atoms with Gasteiger partial charge in [0.15, 0.2) is 0 Å². The molecule has 3 rings (SSSR count). The van der Waals surface area contributed by atoms with Crippen LogP contribution in [0.25, 0.3) is 0 Å². The van der Waals surface area contributed by atoms with Crippen molar-refractivity contribution in [3.05, 3.63) is 82.4 Å². The van der Waals surface area contributed by atoms with E-state index in [1.165, 1.54) is 25.3 Å². The zero-order chi connectivity index (χ0) is 21.9. The summed E-state index contributed by atoms with van der Waals surface area (Å²) in [4.78, 5) is 12.8. The normalized spacial score (nSPS) is 11.1. The maximum Gasteiger partial charge on any atom is 0.261 e. The molecule has 0 fully saturated rings. The quantitative estimate of drug-likeness (QED) is 0.559. The van der Waals surface area contributed by atoms with Crippen LogP contribution in [0, 0.1) is 13.8 Å². The second-order valence-corrected chi connectivity index (χ2v) is 8.84. The van der Waals surface area contributed by atoms with Gasteiger partial charge in [-0.25, -0.2) is 8.42 Å². The average molecular weight is 445 g/mol. The van der Waals surface area contributed by atoms with Crippen molar-refractivity contribution < 1.29 is 17.9 Å². The predicted octanol–water partition coefficient (Wildman–Crippen LogP) is 5.02. The molecule has 0 atom stereocenters. The van der Waals surface area contributed by atoms with E-state index in [0.29, 0.717) is 33.3 Å². The van der Waals surface area contributed by atoms with Gasteiger partial charge in [-0.05, 0) is 79.6 Å². The third-order valence-corrected chi connectivity index (χ3v) is 6.17. The number of aryl methyl sites for hydroxylation is 2. The molecule has 156 valence electrons. The number of carbonyl (C=O) groups excluding carboxylic acids is 1. The molecule has 0 aliphatic heterocycles. The first kappa shape index (κ1) is 21.7. The van der Waals surface area contributed by atoms with Crippen molar-refractivity contribution in [2.45, 2.75) is 18.7 Å². The fraction of sp³-hybridized carbons (Fsp3) is 0.136. The summed E-state index contributed by atoms with van der Waals surface area (Å²) in [6.07, 6.45) is 0. The van der Waals surface area contributed by atoms with E-state index in [2.05, 4.69) is 10.0 Å². The highest BCUT2D eigenvalue weighted by Crippen LogP contribution is 2.24. The van der Waals surface area contributed by atoms with E-state index < -0.39 is 10.0 Å². The second kappa shape index (κ2) is 8.77. The summed E-state index contributed by atoms with van der Waals surface area (Å²) < 4.78 is 33.1. The van der Waals surface area contributed by atoms with Crippen LogP contribution in [0.3, 0.4) is 0 Å². The molecular weight excluding hydrogens is 424 g/mol. The first-order valence-corrected chi connectivity index (χ1v) is 10.9. The van der Waals surface area contributed by atoms with Gasteiger partial charge in [0, 0.05) is 16.3 Å². The molecule has 3 aromatic rings. The number of rotatable bonds is 6. The monoisotopic (exact) mass is 444 g/mol.